The molecule has 1 heterocycles. The molecule has 0 fully saturated rings. The molecule has 0 saturated heterocycles. The average Bonchev–Trinajstić information content (AvgIpc) is 2.31. The Morgan fingerprint density at radius 1 is 1.47 bits per heavy atom. The van der Waals surface area contributed by atoms with Crippen molar-refractivity contribution in [2.24, 2.45) is 5.84 Å². The molecule has 0 amide bonds. The molecule has 1 aromatic rings. The van der Waals surface area contributed by atoms with Crippen LogP contribution in [0.4, 0.5) is 0 Å². The first-order valence-electron chi connectivity index (χ1n) is 5.29. The first-order valence-corrected chi connectivity index (χ1v) is 5.29. The van der Waals surface area contributed by atoms with Crippen LogP contribution in [-0.4, -0.2) is 24.2 Å². The lowest BCUT2D eigenvalue weighted by Gasteiger charge is -2.15. The Hall–Kier alpha value is -0.970. The van der Waals surface area contributed by atoms with Crippen molar-refractivity contribution in [3.63, 3.8) is 0 Å². The summed E-state index contributed by atoms with van der Waals surface area (Å²) >= 11 is 0. The van der Waals surface area contributed by atoms with E-state index in [9.17, 15) is 0 Å². The zero-order valence-corrected chi connectivity index (χ0v) is 9.15. The number of aromatic nitrogens is 1. The molecule has 0 aliphatic carbocycles. The minimum Gasteiger partial charge on any atom is -0.380 e. The van der Waals surface area contributed by atoms with Crippen molar-refractivity contribution in [2.45, 2.75) is 25.8 Å². The SMILES string of the molecule is CCOCC(CCc1ccncc1)NN. The summed E-state index contributed by atoms with van der Waals surface area (Å²) < 4.78 is 5.32. The minimum absolute atomic E-state index is 0.220. The van der Waals surface area contributed by atoms with Crippen LogP contribution in [0.5, 0.6) is 0 Å². The summed E-state index contributed by atoms with van der Waals surface area (Å²) in [6.07, 6.45) is 5.58. The van der Waals surface area contributed by atoms with E-state index in [2.05, 4.69) is 10.4 Å². The van der Waals surface area contributed by atoms with Gasteiger partial charge in [-0.2, -0.15) is 0 Å². The maximum Gasteiger partial charge on any atom is 0.0633 e. The number of hydrazine groups is 1. The van der Waals surface area contributed by atoms with Crippen molar-refractivity contribution in [3.05, 3.63) is 30.1 Å². The third-order valence-corrected chi connectivity index (χ3v) is 2.29. The van der Waals surface area contributed by atoms with E-state index in [0.717, 1.165) is 19.4 Å². The first-order chi connectivity index (χ1) is 7.36. The van der Waals surface area contributed by atoms with Gasteiger partial charge in [0.25, 0.3) is 0 Å². The number of nitrogens with one attached hydrogen (secondary N) is 1. The van der Waals surface area contributed by atoms with Gasteiger partial charge in [-0.05, 0) is 37.5 Å². The van der Waals surface area contributed by atoms with Crippen LogP contribution in [-0.2, 0) is 11.2 Å². The molecule has 4 heteroatoms. The molecular formula is C11H19N3O. The third-order valence-electron chi connectivity index (χ3n) is 2.29. The third kappa shape index (κ3) is 4.88. The lowest BCUT2D eigenvalue weighted by atomic mass is 10.1. The van der Waals surface area contributed by atoms with Crippen LogP contribution in [0.15, 0.2) is 24.5 Å². The van der Waals surface area contributed by atoms with Crippen LogP contribution in [0.2, 0.25) is 0 Å². The highest BCUT2D eigenvalue weighted by Gasteiger charge is 2.06. The Morgan fingerprint density at radius 3 is 2.80 bits per heavy atom. The fraction of sp³-hybridized carbons (Fsp3) is 0.545. The minimum atomic E-state index is 0.220. The summed E-state index contributed by atoms with van der Waals surface area (Å²) in [4.78, 5) is 3.98. The summed E-state index contributed by atoms with van der Waals surface area (Å²) in [5.74, 6) is 5.44. The van der Waals surface area contributed by atoms with Crippen LogP contribution >= 0.6 is 0 Å². The van der Waals surface area contributed by atoms with E-state index in [1.165, 1.54) is 5.56 Å². The Kier molecular flexibility index (Phi) is 5.92. The second kappa shape index (κ2) is 7.34. The molecule has 1 rings (SSSR count). The number of hydrogen-bond acceptors (Lipinski definition) is 4. The van der Waals surface area contributed by atoms with Gasteiger partial charge in [0.15, 0.2) is 0 Å². The van der Waals surface area contributed by atoms with E-state index in [1.54, 1.807) is 0 Å². The molecule has 0 bridgehead atoms. The molecule has 84 valence electrons. The quantitative estimate of drug-likeness (QED) is 0.517. The van der Waals surface area contributed by atoms with Gasteiger partial charge in [-0.25, -0.2) is 0 Å². The van der Waals surface area contributed by atoms with Gasteiger partial charge in [0, 0.05) is 25.0 Å². The van der Waals surface area contributed by atoms with Gasteiger partial charge in [0.05, 0.1) is 6.61 Å². The maximum atomic E-state index is 5.44. The van der Waals surface area contributed by atoms with Crippen molar-refractivity contribution in [1.29, 1.82) is 0 Å². The van der Waals surface area contributed by atoms with Gasteiger partial charge in [-0.1, -0.05) is 0 Å². The Morgan fingerprint density at radius 2 is 2.20 bits per heavy atom. The molecule has 0 aliphatic heterocycles. The fourth-order valence-corrected chi connectivity index (χ4v) is 1.37. The highest BCUT2D eigenvalue weighted by Crippen LogP contribution is 2.03. The number of ether oxygens (including phenoxy) is 1. The van der Waals surface area contributed by atoms with E-state index in [-0.39, 0.29) is 6.04 Å². The Balaban J connectivity index is 2.28. The van der Waals surface area contributed by atoms with Crippen molar-refractivity contribution < 1.29 is 4.74 Å². The molecular weight excluding hydrogens is 190 g/mol. The lowest BCUT2D eigenvalue weighted by molar-refractivity contribution is 0.120. The molecule has 3 N–H and O–H groups in total. The number of hydrogen-bond donors (Lipinski definition) is 2. The Bertz CT molecular complexity index is 253. The van der Waals surface area contributed by atoms with Gasteiger partial charge in [0.1, 0.15) is 0 Å². The summed E-state index contributed by atoms with van der Waals surface area (Å²) in [5.41, 5.74) is 4.05. The van der Waals surface area contributed by atoms with Crippen LogP contribution in [0.3, 0.4) is 0 Å². The molecule has 15 heavy (non-hydrogen) atoms. The first kappa shape index (κ1) is 12.1. The largest absolute Gasteiger partial charge is 0.380 e. The number of pyridine rings is 1. The van der Waals surface area contributed by atoms with E-state index < -0.39 is 0 Å². The zero-order chi connectivity index (χ0) is 10.9. The van der Waals surface area contributed by atoms with Crippen molar-refractivity contribution in [3.8, 4) is 0 Å². The van der Waals surface area contributed by atoms with E-state index in [0.29, 0.717) is 6.61 Å². The van der Waals surface area contributed by atoms with Crippen molar-refractivity contribution in [2.75, 3.05) is 13.2 Å². The standard InChI is InChI=1S/C11H19N3O/c1-2-15-9-11(14-12)4-3-10-5-7-13-8-6-10/h5-8,11,14H,2-4,9,12H2,1H3. The summed E-state index contributed by atoms with van der Waals surface area (Å²) in [6.45, 7) is 3.38. The van der Waals surface area contributed by atoms with Gasteiger partial charge in [0.2, 0.25) is 0 Å². The van der Waals surface area contributed by atoms with Crippen LogP contribution in [0, 0.1) is 0 Å². The normalized spacial score (nSPS) is 12.7. The lowest BCUT2D eigenvalue weighted by Crippen LogP contribution is -2.39. The molecule has 0 spiro atoms. The van der Waals surface area contributed by atoms with Crippen molar-refractivity contribution >= 4 is 0 Å². The van der Waals surface area contributed by atoms with Gasteiger partial charge in [-0.3, -0.25) is 16.3 Å². The number of nitrogens with zero attached hydrogens (tertiary/aromatic N) is 1. The van der Waals surface area contributed by atoms with Crippen LogP contribution < -0.4 is 11.3 Å². The smallest absolute Gasteiger partial charge is 0.0633 e. The van der Waals surface area contributed by atoms with Crippen LogP contribution in [0.25, 0.3) is 0 Å². The average molecular weight is 209 g/mol. The zero-order valence-electron chi connectivity index (χ0n) is 9.15. The summed E-state index contributed by atoms with van der Waals surface area (Å²) in [5, 5.41) is 0. The fourth-order valence-electron chi connectivity index (χ4n) is 1.37. The topological polar surface area (TPSA) is 60.2 Å². The monoisotopic (exact) mass is 209 g/mol. The molecule has 4 nitrogen and oxygen atoms in total. The van der Waals surface area contributed by atoms with Crippen molar-refractivity contribution in [1.82, 2.24) is 10.4 Å². The van der Waals surface area contributed by atoms with Gasteiger partial charge >= 0.3 is 0 Å². The molecule has 1 atom stereocenters. The second-order valence-corrected chi connectivity index (χ2v) is 3.42. The Labute approximate surface area is 90.8 Å². The number of rotatable bonds is 7. The van der Waals surface area contributed by atoms with Gasteiger partial charge in [-0.15, -0.1) is 0 Å². The van der Waals surface area contributed by atoms with E-state index in [1.807, 2.05) is 31.5 Å². The highest BCUT2D eigenvalue weighted by molar-refractivity contribution is 5.09. The highest BCUT2D eigenvalue weighted by atomic mass is 16.5. The van der Waals surface area contributed by atoms with Crippen LogP contribution in [0.1, 0.15) is 18.9 Å². The van der Waals surface area contributed by atoms with E-state index >= 15 is 0 Å². The molecule has 1 aromatic heterocycles. The molecule has 0 radical (unpaired) electrons. The van der Waals surface area contributed by atoms with E-state index in [4.69, 9.17) is 10.6 Å². The summed E-state index contributed by atoms with van der Waals surface area (Å²) in [6, 6.07) is 4.26. The predicted octanol–water partition coefficient (Wildman–Crippen LogP) is 0.883. The molecule has 0 aliphatic rings. The predicted molar refractivity (Wildman–Crippen MR) is 60.2 cm³/mol. The molecule has 1 unspecified atom stereocenters. The second-order valence-electron chi connectivity index (χ2n) is 3.42. The van der Waals surface area contributed by atoms with Gasteiger partial charge < -0.3 is 4.74 Å². The maximum absolute atomic E-state index is 5.44. The summed E-state index contributed by atoms with van der Waals surface area (Å²) in [7, 11) is 0. The number of aryl methyl sites for hydroxylation is 1. The molecule has 0 aromatic carbocycles. The number of nitrogens with two attached hydrogens (primary N) is 1. The molecule has 0 saturated carbocycles.